The van der Waals surface area contributed by atoms with Gasteiger partial charge >= 0.3 is 5.97 Å². The average molecular weight is 591 g/mol. The molecule has 7 rings (SSSR count). The third-order valence-electron chi connectivity index (χ3n) is 8.89. The average Bonchev–Trinajstić information content (AvgIpc) is 3.30. The van der Waals surface area contributed by atoms with Crippen LogP contribution in [0.25, 0.3) is 11.2 Å². The molecular weight excluding hydrogens is 559 g/mol. The lowest BCUT2D eigenvalue weighted by Gasteiger charge is -2.35. The van der Waals surface area contributed by atoms with E-state index in [0.29, 0.717) is 47.4 Å². The van der Waals surface area contributed by atoms with Crippen molar-refractivity contribution in [3.63, 3.8) is 0 Å². The van der Waals surface area contributed by atoms with Crippen LogP contribution >= 0.6 is 11.6 Å². The van der Waals surface area contributed by atoms with Gasteiger partial charge in [-0.1, -0.05) is 35.9 Å². The second-order valence-electron chi connectivity index (χ2n) is 11.5. The van der Waals surface area contributed by atoms with E-state index >= 15 is 0 Å². The highest BCUT2D eigenvalue weighted by Gasteiger charge is 2.30. The van der Waals surface area contributed by atoms with E-state index in [9.17, 15) is 14.3 Å². The van der Waals surface area contributed by atoms with Gasteiger partial charge in [0, 0.05) is 17.5 Å². The summed E-state index contributed by atoms with van der Waals surface area (Å²) in [6, 6.07) is 14.5. The van der Waals surface area contributed by atoms with E-state index in [4.69, 9.17) is 26.1 Å². The molecule has 0 spiro atoms. The summed E-state index contributed by atoms with van der Waals surface area (Å²) >= 11 is 5.96. The Morgan fingerprint density at radius 1 is 1.05 bits per heavy atom. The standard InChI is InChI=1S/C32H32ClFN4O4/c33-22-4-5-24(26(34)15-22)21-14-20-2-1-3-25(30(20)42-18-21)19-8-11-37(12-9-19)17-29-35-27-6-7-28(32(39)40)36-31(27)38(29)16-23-10-13-41-23/h1-7,15,19,21,23H,8-14,16-18H2,(H,39,40)/t21?,23-/m0/s1. The van der Waals surface area contributed by atoms with Gasteiger partial charge in [0.15, 0.2) is 11.3 Å². The van der Waals surface area contributed by atoms with E-state index in [2.05, 4.69) is 28.1 Å². The highest BCUT2D eigenvalue weighted by atomic mass is 35.5. The molecule has 2 saturated heterocycles. The minimum atomic E-state index is -1.05. The Hall–Kier alpha value is -3.53. The van der Waals surface area contributed by atoms with Crippen LogP contribution in [0.3, 0.4) is 0 Å². The summed E-state index contributed by atoms with van der Waals surface area (Å²) < 4.78 is 28.7. The Kier molecular flexibility index (Phi) is 7.34. The van der Waals surface area contributed by atoms with Gasteiger partial charge in [0.25, 0.3) is 0 Å². The Morgan fingerprint density at radius 3 is 2.62 bits per heavy atom. The van der Waals surface area contributed by atoms with Crippen molar-refractivity contribution in [1.29, 1.82) is 0 Å². The van der Waals surface area contributed by atoms with E-state index in [1.165, 1.54) is 17.7 Å². The minimum Gasteiger partial charge on any atom is -0.492 e. The lowest BCUT2D eigenvalue weighted by molar-refractivity contribution is -0.0593. The molecule has 10 heteroatoms. The highest BCUT2D eigenvalue weighted by molar-refractivity contribution is 6.30. The van der Waals surface area contributed by atoms with Crippen molar-refractivity contribution in [3.05, 3.63) is 87.6 Å². The number of para-hydroxylation sites is 1. The molecule has 1 N–H and O–H groups in total. The molecule has 4 aromatic rings. The fraction of sp³-hybridized carbons (Fsp3) is 0.406. The zero-order valence-corrected chi connectivity index (χ0v) is 23.9. The number of pyridine rings is 1. The summed E-state index contributed by atoms with van der Waals surface area (Å²) in [6.45, 7) is 4.29. The van der Waals surface area contributed by atoms with E-state index in [1.807, 2.05) is 4.57 Å². The van der Waals surface area contributed by atoms with Crippen molar-refractivity contribution in [2.75, 3.05) is 26.3 Å². The Balaban J connectivity index is 1.05. The van der Waals surface area contributed by atoms with Gasteiger partial charge in [0.2, 0.25) is 0 Å². The number of aromatic nitrogens is 3. The van der Waals surface area contributed by atoms with Crippen molar-refractivity contribution in [1.82, 2.24) is 19.4 Å². The predicted molar refractivity (Wildman–Crippen MR) is 156 cm³/mol. The summed E-state index contributed by atoms with van der Waals surface area (Å²) in [6.07, 6.45) is 3.79. The summed E-state index contributed by atoms with van der Waals surface area (Å²) in [5.41, 5.74) is 4.33. The zero-order valence-electron chi connectivity index (χ0n) is 23.1. The summed E-state index contributed by atoms with van der Waals surface area (Å²) in [7, 11) is 0. The third-order valence-corrected chi connectivity index (χ3v) is 9.12. The maximum Gasteiger partial charge on any atom is 0.354 e. The Morgan fingerprint density at radius 2 is 1.88 bits per heavy atom. The van der Waals surface area contributed by atoms with Crippen molar-refractivity contribution < 1.29 is 23.8 Å². The molecule has 2 atom stereocenters. The fourth-order valence-electron chi connectivity index (χ4n) is 6.52. The van der Waals surface area contributed by atoms with Crippen LogP contribution in [-0.4, -0.2) is 62.9 Å². The van der Waals surface area contributed by atoms with Crippen LogP contribution in [0.4, 0.5) is 4.39 Å². The molecule has 1 unspecified atom stereocenters. The van der Waals surface area contributed by atoms with Crippen LogP contribution in [0.15, 0.2) is 48.5 Å². The van der Waals surface area contributed by atoms with E-state index < -0.39 is 5.97 Å². The van der Waals surface area contributed by atoms with Crippen molar-refractivity contribution in [2.45, 2.75) is 56.7 Å². The normalized spacial score (nSPS) is 21.1. The molecule has 0 radical (unpaired) electrons. The number of piperidine rings is 1. The van der Waals surface area contributed by atoms with Crippen LogP contribution in [0, 0.1) is 5.82 Å². The minimum absolute atomic E-state index is 0.0172. The molecule has 0 aliphatic carbocycles. The lowest BCUT2D eigenvalue weighted by atomic mass is 9.84. The van der Waals surface area contributed by atoms with E-state index in [1.54, 1.807) is 18.2 Å². The quantitative estimate of drug-likeness (QED) is 0.290. The molecule has 5 heterocycles. The number of likely N-dealkylation sites (tertiary alicyclic amines) is 1. The Labute approximate surface area is 248 Å². The smallest absolute Gasteiger partial charge is 0.354 e. The van der Waals surface area contributed by atoms with Gasteiger partial charge in [0.1, 0.15) is 22.9 Å². The first kappa shape index (κ1) is 27.3. The van der Waals surface area contributed by atoms with Crippen LogP contribution in [0.1, 0.15) is 64.1 Å². The molecule has 2 aromatic carbocycles. The number of halogens is 2. The molecular formula is C32H32ClFN4O4. The molecule has 2 aromatic heterocycles. The fourth-order valence-corrected chi connectivity index (χ4v) is 6.68. The van der Waals surface area contributed by atoms with Gasteiger partial charge in [-0.3, -0.25) is 4.90 Å². The predicted octanol–water partition coefficient (Wildman–Crippen LogP) is 5.81. The molecule has 3 aliphatic heterocycles. The van der Waals surface area contributed by atoms with Crippen LogP contribution in [0.2, 0.25) is 5.02 Å². The molecule has 218 valence electrons. The van der Waals surface area contributed by atoms with Crippen molar-refractivity contribution >= 4 is 28.7 Å². The summed E-state index contributed by atoms with van der Waals surface area (Å²) in [5, 5.41) is 9.87. The van der Waals surface area contributed by atoms with Gasteiger partial charge in [0.05, 0.1) is 25.8 Å². The summed E-state index contributed by atoms with van der Waals surface area (Å²) in [4.78, 5) is 23.2. The summed E-state index contributed by atoms with van der Waals surface area (Å²) in [5.74, 6) is 0.849. The number of nitrogens with zero attached hydrogens (tertiary/aromatic N) is 4. The number of fused-ring (bicyclic) bond motifs is 2. The van der Waals surface area contributed by atoms with Crippen LogP contribution in [-0.2, 0) is 24.2 Å². The monoisotopic (exact) mass is 590 g/mol. The first-order valence-corrected chi connectivity index (χ1v) is 14.9. The Bertz CT molecular complexity index is 1650. The van der Waals surface area contributed by atoms with Gasteiger partial charge in [-0.15, -0.1) is 0 Å². The molecule has 42 heavy (non-hydrogen) atoms. The molecule has 8 nitrogen and oxygen atoms in total. The molecule has 3 aliphatic rings. The SMILES string of the molecule is O=C(O)c1ccc2nc(CN3CCC(c4cccc5c4OCC(c4ccc(Cl)cc4F)C5)CC3)n(C[C@@H]3CCO3)c2n1. The van der Waals surface area contributed by atoms with Gasteiger partial charge in [-0.25, -0.2) is 19.2 Å². The van der Waals surface area contributed by atoms with Crippen molar-refractivity contribution in [3.8, 4) is 5.75 Å². The number of benzene rings is 2. The highest BCUT2D eigenvalue weighted by Crippen LogP contribution is 2.41. The first-order chi connectivity index (χ1) is 20.4. The van der Waals surface area contributed by atoms with Gasteiger partial charge in [-0.05, 0) is 85.6 Å². The second kappa shape index (κ2) is 11.3. The number of carbonyl (C=O) groups is 1. The first-order valence-electron chi connectivity index (χ1n) is 14.6. The number of rotatable bonds is 7. The number of hydrogen-bond acceptors (Lipinski definition) is 6. The number of aromatic carboxylic acids is 1. The molecule has 0 bridgehead atoms. The van der Waals surface area contributed by atoms with Crippen LogP contribution in [0.5, 0.6) is 5.75 Å². The molecule has 2 fully saturated rings. The number of carboxylic acid groups (broad SMARTS) is 1. The third kappa shape index (κ3) is 5.25. The maximum atomic E-state index is 14.6. The lowest BCUT2D eigenvalue weighted by Crippen LogP contribution is -2.35. The number of ether oxygens (including phenoxy) is 2. The van der Waals surface area contributed by atoms with Gasteiger partial charge < -0.3 is 19.1 Å². The van der Waals surface area contributed by atoms with Crippen molar-refractivity contribution in [2.24, 2.45) is 0 Å². The molecule has 0 saturated carbocycles. The maximum absolute atomic E-state index is 14.6. The number of carboxylic acids is 1. The largest absolute Gasteiger partial charge is 0.492 e. The number of hydrogen-bond donors (Lipinski definition) is 1. The van der Waals surface area contributed by atoms with E-state index in [-0.39, 0.29) is 23.5 Å². The van der Waals surface area contributed by atoms with Crippen LogP contribution < -0.4 is 4.74 Å². The number of imidazole rings is 1. The van der Waals surface area contributed by atoms with E-state index in [0.717, 1.165) is 62.5 Å². The topological polar surface area (TPSA) is 89.7 Å². The van der Waals surface area contributed by atoms with Gasteiger partial charge in [-0.2, -0.15) is 0 Å². The molecule has 0 amide bonds. The zero-order chi connectivity index (χ0) is 28.8. The second-order valence-corrected chi connectivity index (χ2v) is 12.0.